The molecule has 0 N–H and O–H groups in total. The van der Waals surface area contributed by atoms with Gasteiger partial charge < -0.3 is 4.74 Å². The lowest BCUT2D eigenvalue weighted by Crippen LogP contribution is -2.04. The maximum Gasteiger partial charge on any atom is 0.336 e. The van der Waals surface area contributed by atoms with Crippen molar-refractivity contribution in [2.75, 3.05) is 0 Å². The lowest BCUT2D eigenvalue weighted by molar-refractivity contribution is -0.128. The van der Waals surface area contributed by atoms with Crippen LogP contribution in [0.4, 0.5) is 0 Å². The van der Waals surface area contributed by atoms with E-state index in [2.05, 4.69) is 0 Å². The Balaban J connectivity index is 1.70. The van der Waals surface area contributed by atoms with Crippen molar-refractivity contribution in [1.82, 2.24) is 0 Å². The maximum atomic E-state index is 12.3. The van der Waals surface area contributed by atoms with Gasteiger partial charge in [0.1, 0.15) is 5.75 Å². The number of carbonyl (C=O) groups is 2. The molecular weight excluding hydrogens is 372 g/mol. The highest BCUT2D eigenvalue weighted by atomic mass is 35.5. The van der Waals surface area contributed by atoms with Crippen LogP contribution in [-0.4, -0.2) is 11.8 Å². The van der Waals surface area contributed by atoms with E-state index in [4.69, 9.17) is 16.3 Å². The molecule has 0 bridgehead atoms. The van der Waals surface area contributed by atoms with Crippen LogP contribution in [0.5, 0.6) is 5.75 Å². The van der Waals surface area contributed by atoms with Gasteiger partial charge in [0.05, 0.1) is 0 Å². The van der Waals surface area contributed by atoms with Crippen LogP contribution in [0.2, 0.25) is 5.02 Å². The Bertz CT molecular complexity index is 1020. The summed E-state index contributed by atoms with van der Waals surface area (Å²) in [5, 5.41) is 0.571. The summed E-state index contributed by atoms with van der Waals surface area (Å²) >= 11 is 5.84. The van der Waals surface area contributed by atoms with Crippen LogP contribution in [0.3, 0.4) is 0 Å². The molecule has 0 atom stereocenters. The highest BCUT2D eigenvalue weighted by molar-refractivity contribution is 6.30. The van der Waals surface area contributed by atoms with E-state index in [1.165, 1.54) is 12.2 Å². The molecule has 3 aromatic carbocycles. The maximum absolute atomic E-state index is 12.3. The number of benzene rings is 3. The van der Waals surface area contributed by atoms with E-state index in [1.54, 1.807) is 54.6 Å². The van der Waals surface area contributed by atoms with Gasteiger partial charge in [-0.1, -0.05) is 60.1 Å². The van der Waals surface area contributed by atoms with Gasteiger partial charge in [-0.3, -0.25) is 4.79 Å². The zero-order valence-corrected chi connectivity index (χ0v) is 15.7. The number of ketones is 1. The van der Waals surface area contributed by atoms with Crippen LogP contribution >= 0.6 is 11.6 Å². The van der Waals surface area contributed by atoms with Crippen LogP contribution < -0.4 is 4.74 Å². The first-order valence-electron chi connectivity index (χ1n) is 8.64. The van der Waals surface area contributed by atoms with Crippen molar-refractivity contribution in [2.24, 2.45) is 0 Å². The third-order valence-corrected chi connectivity index (χ3v) is 4.14. The Morgan fingerprint density at radius 1 is 0.750 bits per heavy atom. The number of carbonyl (C=O) groups excluding carboxylic acids is 2. The highest BCUT2D eigenvalue weighted by Crippen LogP contribution is 2.20. The van der Waals surface area contributed by atoms with E-state index in [9.17, 15) is 9.59 Å². The Labute approximate surface area is 168 Å². The third-order valence-electron chi connectivity index (χ3n) is 3.88. The summed E-state index contributed by atoms with van der Waals surface area (Å²) in [6, 6.07) is 23.2. The Morgan fingerprint density at radius 3 is 2.18 bits per heavy atom. The van der Waals surface area contributed by atoms with Crippen molar-refractivity contribution in [2.45, 2.75) is 0 Å². The summed E-state index contributed by atoms with van der Waals surface area (Å²) in [4.78, 5) is 24.4. The zero-order valence-electron chi connectivity index (χ0n) is 14.9. The van der Waals surface area contributed by atoms with Crippen LogP contribution in [-0.2, 0) is 4.79 Å². The van der Waals surface area contributed by atoms with Crippen molar-refractivity contribution in [3.8, 4) is 5.75 Å². The number of rotatable bonds is 6. The normalized spacial score (nSPS) is 11.0. The Hall–Kier alpha value is -3.43. The van der Waals surface area contributed by atoms with E-state index < -0.39 is 5.97 Å². The summed E-state index contributed by atoms with van der Waals surface area (Å²) in [5.41, 5.74) is 2.06. The first-order valence-corrected chi connectivity index (χ1v) is 9.01. The molecule has 0 saturated carbocycles. The smallest absolute Gasteiger partial charge is 0.336 e. The van der Waals surface area contributed by atoms with Crippen LogP contribution in [0.25, 0.3) is 12.2 Å². The summed E-state index contributed by atoms with van der Waals surface area (Å²) in [6.45, 7) is 0. The molecule has 28 heavy (non-hydrogen) atoms. The molecule has 0 aromatic heterocycles. The molecule has 0 amide bonds. The zero-order chi connectivity index (χ0) is 19.8. The van der Waals surface area contributed by atoms with Crippen molar-refractivity contribution in [3.63, 3.8) is 0 Å². The molecule has 3 rings (SSSR count). The summed E-state index contributed by atoms with van der Waals surface area (Å²) < 4.78 is 5.42. The van der Waals surface area contributed by atoms with Gasteiger partial charge in [-0.2, -0.15) is 0 Å². The van der Waals surface area contributed by atoms with Crippen LogP contribution in [0, 0.1) is 0 Å². The van der Waals surface area contributed by atoms with Crippen molar-refractivity contribution < 1.29 is 14.3 Å². The predicted molar refractivity (Wildman–Crippen MR) is 112 cm³/mol. The minimum atomic E-state index is -0.492. The molecule has 0 aliphatic rings. The molecule has 0 saturated heterocycles. The number of allylic oxidation sites excluding steroid dienone is 1. The number of hydrogen-bond acceptors (Lipinski definition) is 3. The van der Waals surface area contributed by atoms with E-state index >= 15 is 0 Å². The molecule has 138 valence electrons. The quantitative estimate of drug-likeness (QED) is 0.230. The van der Waals surface area contributed by atoms with Crippen molar-refractivity contribution in [3.05, 3.63) is 113 Å². The van der Waals surface area contributed by atoms with Gasteiger partial charge in [-0.25, -0.2) is 4.79 Å². The fraction of sp³-hybridized carbons (Fsp3) is 0. The van der Waals surface area contributed by atoms with E-state index in [-0.39, 0.29) is 5.78 Å². The molecular formula is C24H17ClO3. The van der Waals surface area contributed by atoms with Gasteiger partial charge in [0, 0.05) is 22.2 Å². The van der Waals surface area contributed by atoms with E-state index in [1.807, 2.05) is 36.4 Å². The molecule has 0 radical (unpaired) electrons. The number of para-hydroxylation sites is 1. The van der Waals surface area contributed by atoms with Crippen molar-refractivity contribution in [1.29, 1.82) is 0 Å². The van der Waals surface area contributed by atoms with Gasteiger partial charge in [0.2, 0.25) is 0 Å². The number of esters is 1. The second-order valence-corrected chi connectivity index (χ2v) is 6.34. The SMILES string of the molecule is O=C(/C=C/c1ccccc1)Oc1ccccc1/C=C/C(=O)c1ccc(Cl)cc1. The first-order chi connectivity index (χ1) is 13.6. The fourth-order valence-electron chi connectivity index (χ4n) is 2.46. The van der Waals surface area contributed by atoms with Gasteiger partial charge in [-0.05, 0) is 54.1 Å². The second-order valence-electron chi connectivity index (χ2n) is 5.91. The predicted octanol–water partition coefficient (Wildman–Crippen LogP) is 5.85. The molecule has 3 nitrogen and oxygen atoms in total. The summed E-state index contributed by atoms with van der Waals surface area (Å²) in [6.07, 6.45) is 6.12. The number of ether oxygens (including phenoxy) is 1. The van der Waals surface area contributed by atoms with Gasteiger partial charge in [-0.15, -0.1) is 0 Å². The number of halogens is 1. The molecule has 0 spiro atoms. The van der Waals surface area contributed by atoms with Crippen LogP contribution in [0.1, 0.15) is 21.5 Å². The van der Waals surface area contributed by atoms with E-state index in [0.29, 0.717) is 21.9 Å². The van der Waals surface area contributed by atoms with Gasteiger partial charge >= 0.3 is 5.97 Å². The Kier molecular flexibility index (Phi) is 6.55. The third kappa shape index (κ3) is 5.53. The van der Waals surface area contributed by atoms with Gasteiger partial charge in [0.25, 0.3) is 0 Å². The van der Waals surface area contributed by atoms with Crippen LogP contribution in [0.15, 0.2) is 91.0 Å². The average molecular weight is 389 g/mol. The molecule has 0 unspecified atom stereocenters. The Morgan fingerprint density at radius 2 is 1.43 bits per heavy atom. The first kappa shape index (κ1) is 19.3. The molecule has 4 heteroatoms. The average Bonchev–Trinajstić information content (AvgIpc) is 2.73. The lowest BCUT2D eigenvalue weighted by Gasteiger charge is -2.05. The summed E-state index contributed by atoms with van der Waals surface area (Å²) in [5.74, 6) is -0.277. The second kappa shape index (κ2) is 9.49. The molecule has 0 aliphatic heterocycles. The monoisotopic (exact) mass is 388 g/mol. The number of hydrogen-bond donors (Lipinski definition) is 0. The minimum absolute atomic E-state index is 0.165. The molecule has 0 fully saturated rings. The standard InChI is InChI=1S/C24H17ClO3/c25-21-14-11-19(12-15-21)22(26)16-13-20-8-4-5-9-23(20)28-24(27)17-10-18-6-2-1-3-7-18/h1-17H/b16-13+,17-10+. The highest BCUT2D eigenvalue weighted by Gasteiger charge is 2.06. The topological polar surface area (TPSA) is 43.4 Å². The molecule has 3 aromatic rings. The summed E-state index contributed by atoms with van der Waals surface area (Å²) in [7, 11) is 0. The fourth-order valence-corrected chi connectivity index (χ4v) is 2.58. The van der Waals surface area contributed by atoms with Gasteiger partial charge in [0.15, 0.2) is 5.78 Å². The van der Waals surface area contributed by atoms with E-state index in [0.717, 1.165) is 5.56 Å². The molecule has 0 aliphatic carbocycles. The molecule has 0 heterocycles. The minimum Gasteiger partial charge on any atom is -0.423 e. The lowest BCUT2D eigenvalue weighted by atomic mass is 10.1. The van der Waals surface area contributed by atoms with Crippen molar-refractivity contribution >= 4 is 35.5 Å². The largest absolute Gasteiger partial charge is 0.423 e.